The van der Waals surface area contributed by atoms with Crippen LogP contribution in [0.2, 0.25) is 0 Å². The lowest BCUT2D eigenvalue weighted by atomic mass is 9.78. The minimum absolute atomic E-state index is 0.0325. The van der Waals surface area contributed by atoms with Crippen molar-refractivity contribution in [1.82, 2.24) is 45.1 Å². The predicted octanol–water partition coefficient (Wildman–Crippen LogP) is 12.5. The highest BCUT2D eigenvalue weighted by Gasteiger charge is 2.47. The number of amides is 3. The minimum atomic E-state index is -0.735. The number of likely N-dealkylation sites (tertiary alicyclic amines) is 3. The van der Waals surface area contributed by atoms with Crippen molar-refractivity contribution in [2.75, 3.05) is 19.6 Å². The zero-order valence-corrected chi connectivity index (χ0v) is 60.0. The maximum Gasteiger partial charge on any atom is 0.234 e. The van der Waals surface area contributed by atoms with Crippen LogP contribution in [0.25, 0.3) is 34.0 Å². The Kier molecular flexibility index (Phi) is 24.2. The number of aliphatic hydroxyl groups excluding tert-OH is 3. The third kappa shape index (κ3) is 17.7. The number of hydrogen-bond acceptors (Lipinski definition) is 21. The highest BCUT2D eigenvalue weighted by Crippen LogP contribution is 2.41. The van der Waals surface area contributed by atoms with Gasteiger partial charge in [-0.2, -0.15) is 0 Å². The van der Waals surface area contributed by atoms with Crippen LogP contribution in [0.4, 0.5) is 0 Å². The maximum atomic E-state index is 13.7. The van der Waals surface area contributed by atoms with Crippen molar-refractivity contribution in [2.24, 2.45) is 5.41 Å². The second kappa shape index (κ2) is 32.9. The quantitative estimate of drug-likeness (QED) is 0.0535. The van der Waals surface area contributed by atoms with E-state index in [0.29, 0.717) is 58.7 Å². The normalized spacial score (nSPS) is 20.0. The molecule has 9 heterocycles. The molecular formula is C78H93N9O15. The minimum Gasteiger partial charge on any atom is -0.444 e. The van der Waals surface area contributed by atoms with Gasteiger partial charge in [0.2, 0.25) is 17.7 Å². The zero-order valence-electron chi connectivity index (χ0n) is 60.0. The molecule has 0 unspecified atom stereocenters. The predicted molar refractivity (Wildman–Crippen MR) is 375 cm³/mol. The molecule has 3 aliphatic heterocycles. The number of benzene rings is 3. The third-order valence-corrected chi connectivity index (χ3v) is 19.6. The van der Waals surface area contributed by atoms with Crippen molar-refractivity contribution in [3.63, 3.8) is 0 Å². The van der Waals surface area contributed by atoms with E-state index in [1.165, 1.54) is 29.0 Å². The summed E-state index contributed by atoms with van der Waals surface area (Å²) in [6.45, 7) is 23.4. The first-order valence-electron chi connectivity index (χ1n) is 35.0. The molecule has 12 rings (SSSR count). The van der Waals surface area contributed by atoms with Crippen molar-refractivity contribution in [3.8, 4) is 34.0 Å². The van der Waals surface area contributed by atoms with Gasteiger partial charge in [-0.05, 0) is 80.4 Å². The molecule has 3 aliphatic rings. The number of oxazole rings is 3. The summed E-state index contributed by atoms with van der Waals surface area (Å²) in [6, 6.07) is 26.9. The van der Waals surface area contributed by atoms with Crippen LogP contribution in [-0.4, -0.2) is 152 Å². The van der Waals surface area contributed by atoms with Crippen LogP contribution < -0.4 is 0 Å². The first kappa shape index (κ1) is 74.9. The Morgan fingerprint density at radius 2 is 0.824 bits per heavy atom. The van der Waals surface area contributed by atoms with E-state index < -0.39 is 59.6 Å². The van der Waals surface area contributed by atoms with E-state index in [1.54, 1.807) is 49.3 Å². The summed E-state index contributed by atoms with van der Waals surface area (Å²) < 4.78 is 32.2. The first-order valence-corrected chi connectivity index (χ1v) is 35.0. The van der Waals surface area contributed by atoms with Crippen LogP contribution in [0.15, 0.2) is 149 Å². The Morgan fingerprint density at radius 1 is 0.480 bits per heavy atom. The molecule has 0 aliphatic carbocycles. The standard InChI is InChI=1S/C27H33N3O5.C26H31N3O5.C25H29N3O5/c1-16(18-6-8-19(9-7-18)24-13-28-15-34-24)10-22(32)21-12-20(31)14-30(21)26(33)25(27(3,4)5)23-11-17(2)29-35-23;1-5-21(24-11-16(3)28-34-24)26(32)29-13-20(30)12-22(29)23(31)10-15(2)18-6-8-19(9-7-18)25-17(4)27-14-33-25;1-4-20(23-10-16(3)27-33-23)25(31)28-13-19(29)11-21(28)22(30)9-15(2)17-5-7-18(8-6-17)24-12-26-14-32-24/h6-9,11,13,15-16,20-21,25,31H,10,12,14H2,1-5H3;6-9,11,14-15,20-22,30H,5,10,12-13H2,1-4H3;5-8,10,12,14-15,19-21,29H,4,9,11,13H2,1-3H3/t16-,20-,21+,25-;15-,20-,21-,22+;15-,19-,20-,21+/m111/s1. The van der Waals surface area contributed by atoms with Crippen LogP contribution in [0.5, 0.6) is 0 Å². The van der Waals surface area contributed by atoms with Gasteiger partial charge >= 0.3 is 0 Å². The molecule has 3 aromatic carbocycles. The second-order valence-electron chi connectivity index (χ2n) is 28.6. The molecule has 24 nitrogen and oxygen atoms in total. The van der Waals surface area contributed by atoms with Crippen LogP contribution in [0.1, 0.15) is 199 Å². The van der Waals surface area contributed by atoms with Gasteiger partial charge in [0.25, 0.3) is 0 Å². The Balaban J connectivity index is 0.000000165. The number of aryl methyl sites for hydroxylation is 4. The average molecular weight is 1400 g/mol. The van der Waals surface area contributed by atoms with Gasteiger partial charge in [0, 0.05) is 93.0 Å². The van der Waals surface area contributed by atoms with Gasteiger partial charge in [-0.25, -0.2) is 15.0 Å². The third-order valence-electron chi connectivity index (χ3n) is 19.6. The monoisotopic (exact) mass is 1400 g/mol. The first-order chi connectivity index (χ1) is 48.7. The Morgan fingerprint density at radius 3 is 1.12 bits per heavy atom. The van der Waals surface area contributed by atoms with Crippen LogP contribution in [0, 0.1) is 33.1 Å². The van der Waals surface area contributed by atoms with Crippen LogP contribution in [0.3, 0.4) is 0 Å². The van der Waals surface area contributed by atoms with Crippen molar-refractivity contribution >= 4 is 35.1 Å². The summed E-state index contributed by atoms with van der Waals surface area (Å²) in [5, 5.41) is 42.7. The molecule has 24 heteroatoms. The molecule has 6 aromatic heterocycles. The van der Waals surface area contributed by atoms with Gasteiger partial charge < -0.3 is 56.8 Å². The van der Waals surface area contributed by atoms with Gasteiger partial charge in [0.15, 0.2) is 53.8 Å². The summed E-state index contributed by atoms with van der Waals surface area (Å²) >= 11 is 0. The van der Waals surface area contributed by atoms with E-state index >= 15 is 0 Å². The molecule has 0 spiro atoms. The molecule has 540 valence electrons. The highest BCUT2D eigenvalue weighted by molar-refractivity contribution is 5.94. The van der Waals surface area contributed by atoms with Crippen molar-refractivity contribution < 1.29 is 70.9 Å². The van der Waals surface area contributed by atoms with Crippen molar-refractivity contribution in [2.45, 2.75) is 206 Å². The van der Waals surface area contributed by atoms with E-state index in [4.69, 9.17) is 26.8 Å². The topological polar surface area (TPSA) is 329 Å². The fraction of sp³-hybridized carbons (Fsp3) is 0.462. The van der Waals surface area contributed by atoms with Crippen molar-refractivity contribution in [3.05, 3.63) is 179 Å². The molecule has 0 bridgehead atoms. The van der Waals surface area contributed by atoms with Gasteiger partial charge in [-0.3, -0.25) is 28.8 Å². The highest BCUT2D eigenvalue weighted by atomic mass is 16.5. The van der Waals surface area contributed by atoms with E-state index in [0.717, 1.165) is 44.8 Å². The number of carbonyl (C=O) groups is 6. The molecule has 12 atom stereocenters. The number of aliphatic hydroxyl groups is 3. The van der Waals surface area contributed by atoms with E-state index in [1.807, 2.05) is 142 Å². The summed E-state index contributed by atoms with van der Waals surface area (Å²) in [5.74, 6) is 1.05. The Labute approximate surface area is 593 Å². The van der Waals surface area contributed by atoms with E-state index in [2.05, 4.69) is 30.4 Å². The maximum absolute atomic E-state index is 13.7. The largest absolute Gasteiger partial charge is 0.444 e. The fourth-order valence-electron chi connectivity index (χ4n) is 14.1. The second-order valence-corrected chi connectivity index (χ2v) is 28.6. The summed E-state index contributed by atoms with van der Waals surface area (Å²) in [7, 11) is 0. The van der Waals surface area contributed by atoms with Gasteiger partial charge in [0.1, 0.15) is 23.2 Å². The molecule has 0 radical (unpaired) electrons. The fourth-order valence-corrected chi connectivity index (χ4v) is 14.1. The number of Topliss-reactive ketones (excluding diaryl/α,β-unsaturated/α-hetero) is 3. The summed E-state index contributed by atoms with van der Waals surface area (Å²) in [6.07, 6.45) is 7.98. The zero-order chi connectivity index (χ0) is 73.3. The average Bonchev–Trinajstić information content (AvgIpc) is 1.63. The van der Waals surface area contributed by atoms with Crippen molar-refractivity contribution in [1.29, 1.82) is 0 Å². The molecule has 3 fully saturated rings. The SMILES string of the molecule is CC[C@@H](C(=O)N1C[C@H](O)C[C@H]1C(=O)C[C@@H](C)c1ccc(-c2cnco2)cc1)c1cc(C)no1.CC[C@@H](C(=O)N1C[C@H](O)C[C@H]1C(=O)C[C@@H](C)c1ccc(-c2ocnc2C)cc1)c1cc(C)no1.Cc1cc([C@H](C(=O)N2C[C@H](O)C[C@H]2C(=O)C[C@@H](C)c2ccc(-c3cnco3)cc2)C(C)(C)C)on1. The molecule has 3 N–H and O–H groups in total. The number of β-amino-alcohol motifs (C(OH)–C–C–N with tert-alkyl or cyclic N) is 3. The van der Waals surface area contributed by atoms with Crippen LogP contribution in [-0.2, 0) is 28.8 Å². The van der Waals surface area contributed by atoms with E-state index in [-0.39, 0.29) is 111 Å². The number of aromatic nitrogens is 6. The lowest BCUT2D eigenvalue weighted by molar-refractivity contribution is -0.141. The van der Waals surface area contributed by atoms with Crippen LogP contribution >= 0.6 is 0 Å². The molecule has 102 heavy (non-hydrogen) atoms. The lowest BCUT2D eigenvalue weighted by Gasteiger charge is -2.33. The number of rotatable bonds is 23. The lowest BCUT2D eigenvalue weighted by Crippen LogP contribution is -2.46. The Bertz CT molecular complexity index is 4260. The number of hydrogen-bond donors (Lipinski definition) is 3. The number of ketones is 3. The molecule has 3 amide bonds. The van der Waals surface area contributed by atoms with Gasteiger partial charge in [-0.15, -0.1) is 0 Å². The number of carbonyl (C=O) groups excluding carboxylic acids is 6. The molecule has 3 saturated heterocycles. The summed E-state index contributed by atoms with van der Waals surface area (Å²) in [5.41, 5.74) is 8.29. The van der Waals surface area contributed by atoms with Gasteiger partial charge in [0.05, 0.1) is 83.4 Å². The Hall–Kier alpha value is -9.78. The smallest absolute Gasteiger partial charge is 0.234 e. The van der Waals surface area contributed by atoms with Gasteiger partial charge in [-0.1, -0.05) is 144 Å². The molecule has 0 saturated carbocycles. The van der Waals surface area contributed by atoms with E-state index in [9.17, 15) is 44.1 Å². The number of nitrogens with zero attached hydrogens (tertiary/aromatic N) is 9. The molecule has 9 aromatic rings. The molecular weight excluding hydrogens is 1300 g/mol. The summed E-state index contributed by atoms with van der Waals surface area (Å²) in [4.78, 5) is 96.9.